The molecule has 0 spiro atoms. The lowest BCUT2D eigenvalue weighted by Crippen LogP contribution is -2.36. The highest BCUT2D eigenvalue weighted by Crippen LogP contribution is 2.33. The molecule has 17 N–H and O–H groups in total. The van der Waals surface area contributed by atoms with Crippen LogP contribution in [-0.4, -0.2) is 107 Å². The van der Waals surface area contributed by atoms with Gasteiger partial charge in [0.1, 0.15) is 17.1 Å². The van der Waals surface area contributed by atoms with Crippen LogP contribution in [0.3, 0.4) is 0 Å². The van der Waals surface area contributed by atoms with E-state index in [1.165, 1.54) is 16.9 Å². The van der Waals surface area contributed by atoms with Gasteiger partial charge in [-0.05, 0) is 183 Å². The number of H-pyrrole nitrogens is 1. The first kappa shape index (κ1) is 90.6. The number of carbonyl (C=O) groups excluding carboxylic acids is 10. The predicted octanol–water partition coefficient (Wildman–Crippen LogP) is 12.5. The number of urea groups is 1. The Kier molecular flexibility index (Phi) is 34.2. The lowest BCUT2D eigenvalue weighted by molar-refractivity contribution is -0.121. The topological polar surface area (TPSA) is 456 Å². The summed E-state index contributed by atoms with van der Waals surface area (Å²) in [4.78, 5) is 125. The van der Waals surface area contributed by atoms with Crippen LogP contribution < -0.4 is 68.8 Å². The van der Waals surface area contributed by atoms with Crippen molar-refractivity contribution in [1.29, 1.82) is 0 Å². The average Bonchev–Trinajstić information content (AvgIpc) is 1.70. The van der Waals surface area contributed by atoms with Crippen LogP contribution in [0.5, 0.6) is 11.5 Å². The fourth-order valence-electron chi connectivity index (χ4n) is 12.0. The molecule has 622 valence electrons. The van der Waals surface area contributed by atoms with Crippen LogP contribution in [0.4, 0.5) is 4.79 Å². The summed E-state index contributed by atoms with van der Waals surface area (Å²) in [6.45, 7) is 16.2. The number of nitrogens with one attached hydrogen (secondary N) is 12. The third-order valence-electron chi connectivity index (χ3n) is 18.7. The van der Waals surface area contributed by atoms with Crippen molar-refractivity contribution < 1.29 is 83.5 Å². The first-order chi connectivity index (χ1) is 57.1. The van der Waals surface area contributed by atoms with Crippen molar-refractivity contribution in [2.45, 2.75) is 111 Å². The summed E-state index contributed by atoms with van der Waals surface area (Å²) in [5.41, 5.74) is 19.5. The summed E-state index contributed by atoms with van der Waals surface area (Å²) in [5.74, 6) is -2.03. The molecule has 119 heavy (non-hydrogen) atoms. The van der Waals surface area contributed by atoms with Crippen molar-refractivity contribution in [2.75, 3.05) is 6.79 Å². The molecule has 1 aliphatic heterocycles. The van der Waals surface area contributed by atoms with E-state index in [0.29, 0.717) is 62.9 Å². The standard InChI is InChI=1S/C20H21N3O3.C18H21N3O3.C18H18N2O5.C17H21N3O3.C14H15N3O3S/c1-12(2)18(13-7-9-14(10-8-13)19(24)23-26)22-20(25)17-11-15-5-3-4-6-16(15)21-17;1-12-3-5-14(6-4-12)11-19-18(23)20-13(2)15-7-9-16(10-8-15)17(22)21-24;1-11(13-3-5-14(6-4-13)18(22)20-23)19-17(21)9-12-2-7-15-16(8-12)25-10-24-15;1-3-5-14(18-17(22)15-6-4-11-20(15)2)12-7-9-13(10-8-12)16(21)19-23;1-8(15-14(19)12-7-21-9(2)16-12)10-3-5-11(6-4-10)13(18)17-20/h3-12,18,21,26H,1-2H3,(H,22,25)(H,23,24);3-10,13,24H,11H2,1-2H3,(H,21,22)(H2,19,20,23);2-8,11,23H,9-10H2,1H3,(H,19,21)(H,20,22);4,6-11,14,23H,3,5H2,1-2H3,(H,18,22)(H,19,21);3-8,20H,1-2H3,(H,15,19)(H,17,18)/t18-;;;14-;/m0..1./s1. The number of para-hydroxylation sites is 1. The molecule has 8 aromatic carbocycles. The van der Waals surface area contributed by atoms with Crippen LogP contribution in [0.2, 0.25) is 0 Å². The molecule has 4 heterocycles. The Hall–Kier alpha value is -13.9. The maximum atomic E-state index is 12.7. The van der Waals surface area contributed by atoms with Crippen LogP contribution in [0, 0.1) is 19.8 Å². The predicted molar refractivity (Wildman–Crippen MR) is 443 cm³/mol. The molecule has 0 radical (unpaired) electrons. The van der Waals surface area contributed by atoms with Crippen molar-refractivity contribution in [1.82, 2.24) is 73.8 Å². The van der Waals surface area contributed by atoms with E-state index < -0.39 is 29.5 Å². The summed E-state index contributed by atoms with van der Waals surface area (Å²) in [7, 11) is 1.83. The molecule has 0 saturated heterocycles. The van der Waals surface area contributed by atoms with Gasteiger partial charge < -0.3 is 50.9 Å². The molecule has 3 aromatic heterocycles. The van der Waals surface area contributed by atoms with E-state index in [0.717, 1.165) is 67.7 Å². The van der Waals surface area contributed by atoms with Crippen LogP contribution in [0.15, 0.2) is 218 Å². The molecule has 11 aromatic rings. The molecule has 1 aliphatic rings. The summed E-state index contributed by atoms with van der Waals surface area (Å²) in [6, 6.07) is 58.8. The van der Waals surface area contributed by atoms with E-state index in [1.54, 1.807) is 177 Å². The Morgan fingerprint density at radius 1 is 0.479 bits per heavy atom. The molecular weight excluding hydrogens is 1550 g/mol. The van der Waals surface area contributed by atoms with Crippen molar-refractivity contribution in [3.05, 3.63) is 312 Å². The largest absolute Gasteiger partial charge is 0.454 e. The SMILES string of the molecule is CC(C)[C@H](NC(=O)c1cc2ccccc2[nH]1)c1ccc(C(=O)NO)cc1.CC(NC(=O)Cc1ccc2c(c1)OCO2)c1ccc(C(=O)NO)cc1.CCC[C@@H](NC(=O)c1cccn1C)c1ccc(C(=O)NO)cc1.Cc1ccc(CNC(=O)NC(C)c2ccc(C(=O)NO)cc2)cc1.Cc1nc(C(=O)NC(C)c2ccc(C(=O)NO)cc2)cs1. The maximum Gasteiger partial charge on any atom is 0.315 e. The van der Waals surface area contributed by atoms with Gasteiger partial charge >= 0.3 is 6.03 Å². The minimum absolute atomic E-state index is 0.122. The first-order valence-electron chi connectivity index (χ1n) is 37.7. The molecule has 0 bridgehead atoms. The van der Waals surface area contributed by atoms with Crippen LogP contribution >= 0.6 is 11.3 Å². The molecular formula is C87H96N14O17S. The fourth-order valence-corrected chi connectivity index (χ4v) is 12.6. The lowest BCUT2D eigenvalue weighted by Gasteiger charge is -2.23. The van der Waals surface area contributed by atoms with E-state index in [4.69, 9.17) is 35.5 Å². The molecule has 32 heteroatoms. The highest BCUT2D eigenvalue weighted by Gasteiger charge is 2.24. The number of nitrogens with zero attached hydrogens (tertiary/aromatic N) is 2. The number of aryl methyl sites for hydroxylation is 3. The summed E-state index contributed by atoms with van der Waals surface area (Å²) in [6.07, 6.45) is 3.76. The molecule has 31 nitrogen and oxygen atoms in total. The smallest absolute Gasteiger partial charge is 0.315 e. The Bertz CT molecular complexity index is 5220. The average molecular weight is 1640 g/mol. The molecule has 11 amide bonds. The van der Waals surface area contributed by atoms with Gasteiger partial charge in [0.05, 0.1) is 41.6 Å². The van der Waals surface area contributed by atoms with Crippen molar-refractivity contribution in [2.24, 2.45) is 13.0 Å². The van der Waals surface area contributed by atoms with Gasteiger partial charge in [0, 0.05) is 63.9 Å². The summed E-state index contributed by atoms with van der Waals surface area (Å²) in [5, 5.41) is 64.1. The lowest BCUT2D eigenvalue weighted by atomic mass is 9.95. The highest BCUT2D eigenvalue weighted by molar-refractivity contribution is 7.09. The van der Waals surface area contributed by atoms with Gasteiger partial charge in [0.2, 0.25) is 12.7 Å². The second-order valence-corrected chi connectivity index (χ2v) is 28.8. The quantitative estimate of drug-likeness (QED) is 0.0187. The second kappa shape index (κ2) is 44.8. The molecule has 0 aliphatic carbocycles. The zero-order chi connectivity index (χ0) is 86.2. The Balaban J connectivity index is 0.000000186. The van der Waals surface area contributed by atoms with E-state index in [9.17, 15) is 47.9 Å². The number of aromatic nitrogens is 3. The maximum absolute atomic E-state index is 12.7. The van der Waals surface area contributed by atoms with Crippen molar-refractivity contribution in [3.8, 4) is 11.5 Å². The number of rotatable bonds is 25. The number of hydrogen-bond donors (Lipinski definition) is 17. The third kappa shape index (κ3) is 26.8. The van der Waals surface area contributed by atoms with Gasteiger partial charge in [-0.3, -0.25) is 69.2 Å². The Morgan fingerprint density at radius 2 is 0.950 bits per heavy atom. The zero-order valence-electron chi connectivity index (χ0n) is 66.7. The first-order valence-corrected chi connectivity index (χ1v) is 38.5. The molecule has 3 unspecified atom stereocenters. The van der Waals surface area contributed by atoms with Crippen LogP contribution in [0.1, 0.15) is 217 Å². The highest BCUT2D eigenvalue weighted by atomic mass is 32.1. The normalized spacial score (nSPS) is 12.1. The fraction of sp³-hybridized carbons (Fsp3) is 0.230. The van der Waals surface area contributed by atoms with Crippen molar-refractivity contribution >= 4 is 81.4 Å². The zero-order valence-corrected chi connectivity index (χ0v) is 67.5. The van der Waals surface area contributed by atoms with E-state index in [1.807, 2.05) is 128 Å². The number of hydrogen-bond acceptors (Lipinski definition) is 19. The number of hydroxylamine groups is 5. The minimum atomic E-state index is -0.578. The number of thiazole rings is 1. The van der Waals surface area contributed by atoms with Crippen LogP contribution in [0.25, 0.3) is 10.9 Å². The van der Waals surface area contributed by atoms with Gasteiger partial charge in [0.15, 0.2) is 11.5 Å². The third-order valence-corrected chi connectivity index (χ3v) is 19.5. The molecule has 12 rings (SSSR count). The van der Waals surface area contributed by atoms with Gasteiger partial charge in [-0.25, -0.2) is 37.2 Å². The second-order valence-electron chi connectivity index (χ2n) is 27.7. The number of aromatic amines is 1. The number of benzene rings is 8. The minimum Gasteiger partial charge on any atom is -0.454 e. The Labute approximate surface area is 690 Å². The Morgan fingerprint density at radius 3 is 1.41 bits per heavy atom. The molecule has 0 saturated carbocycles. The molecule has 0 fully saturated rings. The molecule has 5 atom stereocenters. The van der Waals surface area contributed by atoms with Crippen LogP contribution in [-0.2, 0) is 24.8 Å². The van der Waals surface area contributed by atoms with E-state index in [-0.39, 0.29) is 79.0 Å². The number of fused-ring (bicyclic) bond motifs is 2. The monoisotopic (exact) mass is 1640 g/mol. The van der Waals surface area contributed by atoms with Gasteiger partial charge in [-0.2, -0.15) is 0 Å². The van der Waals surface area contributed by atoms with Gasteiger partial charge in [-0.1, -0.05) is 142 Å². The summed E-state index contributed by atoms with van der Waals surface area (Å²) < 4.78 is 12.3. The van der Waals surface area contributed by atoms with E-state index >= 15 is 0 Å². The van der Waals surface area contributed by atoms with Gasteiger partial charge in [0.25, 0.3) is 47.3 Å². The number of ether oxygens (including phenoxy) is 2. The van der Waals surface area contributed by atoms with Gasteiger partial charge in [-0.15, -0.1) is 11.3 Å². The van der Waals surface area contributed by atoms with Crippen molar-refractivity contribution in [3.63, 3.8) is 0 Å². The summed E-state index contributed by atoms with van der Waals surface area (Å²) >= 11 is 1.42. The number of carbonyl (C=O) groups is 10. The van der Waals surface area contributed by atoms with E-state index in [2.05, 4.69) is 48.8 Å². The number of amides is 11.